The minimum Gasteiger partial charge on any atom is -0.478 e. The zero-order chi connectivity index (χ0) is 27.9. The SMILES string of the molecule is CCCc1nc(CC)c(Cc2cccc(C(=O)O)c2)c(OCc2ccc(-c3ccccc3-c3nn[nH]n3)cc2)n1. The van der Waals surface area contributed by atoms with Crippen molar-refractivity contribution in [1.29, 1.82) is 0 Å². The number of ether oxygens (including phenoxy) is 1. The number of aromatic amines is 1. The number of H-pyrrole nitrogens is 1. The number of aromatic nitrogens is 6. The smallest absolute Gasteiger partial charge is 0.335 e. The molecule has 2 N–H and O–H groups in total. The Bertz CT molecular complexity index is 1600. The maximum absolute atomic E-state index is 11.5. The summed E-state index contributed by atoms with van der Waals surface area (Å²) in [4.78, 5) is 21.1. The molecular weight excluding hydrogens is 504 g/mol. The third-order valence-electron chi connectivity index (χ3n) is 6.62. The fourth-order valence-corrected chi connectivity index (χ4v) is 4.64. The van der Waals surface area contributed by atoms with Crippen LogP contribution in [0.25, 0.3) is 22.5 Å². The van der Waals surface area contributed by atoms with Gasteiger partial charge in [-0.1, -0.05) is 74.5 Å². The van der Waals surface area contributed by atoms with E-state index >= 15 is 0 Å². The molecule has 0 aliphatic carbocycles. The molecule has 0 spiro atoms. The van der Waals surface area contributed by atoms with Crippen LogP contribution in [0.15, 0.2) is 72.8 Å². The Morgan fingerprint density at radius 2 is 1.73 bits per heavy atom. The summed E-state index contributed by atoms with van der Waals surface area (Å²) in [5.41, 5.74) is 6.86. The monoisotopic (exact) mass is 534 g/mol. The number of carboxylic acids is 1. The van der Waals surface area contributed by atoms with Crippen molar-refractivity contribution in [3.63, 3.8) is 0 Å². The second-order valence-electron chi connectivity index (χ2n) is 9.42. The van der Waals surface area contributed by atoms with Crippen molar-refractivity contribution in [1.82, 2.24) is 30.6 Å². The topological polar surface area (TPSA) is 127 Å². The van der Waals surface area contributed by atoms with E-state index in [-0.39, 0.29) is 5.56 Å². The van der Waals surface area contributed by atoms with E-state index in [0.717, 1.165) is 64.2 Å². The van der Waals surface area contributed by atoms with E-state index in [0.29, 0.717) is 24.7 Å². The number of nitrogens with one attached hydrogen (secondary N) is 1. The predicted molar refractivity (Wildman–Crippen MR) is 151 cm³/mol. The van der Waals surface area contributed by atoms with E-state index in [1.54, 1.807) is 18.2 Å². The van der Waals surface area contributed by atoms with Gasteiger partial charge in [0.2, 0.25) is 11.7 Å². The fourth-order valence-electron chi connectivity index (χ4n) is 4.64. The maximum Gasteiger partial charge on any atom is 0.335 e. The van der Waals surface area contributed by atoms with Gasteiger partial charge in [0.05, 0.1) is 11.3 Å². The Labute approximate surface area is 232 Å². The van der Waals surface area contributed by atoms with Crippen LogP contribution in [0.5, 0.6) is 5.88 Å². The van der Waals surface area contributed by atoms with Crippen molar-refractivity contribution in [3.05, 3.63) is 107 Å². The summed E-state index contributed by atoms with van der Waals surface area (Å²) in [5.74, 6) is 0.892. The molecule has 9 heteroatoms. The Kier molecular flexibility index (Phi) is 8.20. The average Bonchev–Trinajstić information content (AvgIpc) is 3.53. The largest absolute Gasteiger partial charge is 0.478 e. The highest BCUT2D eigenvalue weighted by molar-refractivity contribution is 5.87. The highest BCUT2D eigenvalue weighted by Gasteiger charge is 2.17. The first-order chi connectivity index (χ1) is 19.6. The van der Waals surface area contributed by atoms with Gasteiger partial charge in [-0.3, -0.25) is 0 Å². The number of hydrogen-bond donors (Lipinski definition) is 2. The van der Waals surface area contributed by atoms with Crippen molar-refractivity contribution in [2.75, 3.05) is 0 Å². The number of benzene rings is 3. The molecule has 0 unspecified atom stereocenters. The van der Waals surface area contributed by atoms with Crippen molar-refractivity contribution >= 4 is 5.97 Å². The van der Waals surface area contributed by atoms with E-state index in [2.05, 4.69) is 46.6 Å². The highest BCUT2D eigenvalue weighted by Crippen LogP contribution is 2.30. The van der Waals surface area contributed by atoms with Crippen molar-refractivity contribution in [2.45, 2.75) is 46.1 Å². The molecule has 0 saturated heterocycles. The second kappa shape index (κ2) is 12.3. The van der Waals surface area contributed by atoms with Gasteiger partial charge in [-0.2, -0.15) is 10.2 Å². The molecule has 0 fully saturated rings. The van der Waals surface area contributed by atoms with Gasteiger partial charge in [-0.15, -0.1) is 10.2 Å². The first kappa shape index (κ1) is 26.7. The van der Waals surface area contributed by atoms with Crippen molar-refractivity contribution in [2.24, 2.45) is 0 Å². The quantitative estimate of drug-likeness (QED) is 0.221. The lowest BCUT2D eigenvalue weighted by Crippen LogP contribution is -2.10. The first-order valence-corrected chi connectivity index (χ1v) is 13.3. The summed E-state index contributed by atoms with van der Waals surface area (Å²) in [5, 5.41) is 23.9. The van der Waals surface area contributed by atoms with Gasteiger partial charge in [-0.05, 0) is 52.4 Å². The number of nitrogens with zero attached hydrogens (tertiary/aromatic N) is 5. The van der Waals surface area contributed by atoms with E-state index in [9.17, 15) is 9.90 Å². The lowest BCUT2D eigenvalue weighted by molar-refractivity contribution is 0.0696. The number of tetrazole rings is 1. The molecule has 0 saturated carbocycles. The molecule has 202 valence electrons. The molecule has 0 amide bonds. The van der Waals surface area contributed by atoms with Crippen LogP contribution in [0.3, 0.4) is 0 Å². The molecule has 0 radical (unpaired) electrons. The minimum atomic E-state index is -0.952. The van der Waals surface area contributed by atoms with Gasteiger partial charge in [0.15, 0.2) is 0 Å². The number of carbonyl (C=O) groups is 1. The summed E-state index contributed by atoms with van der Waals surface area (Å²) in [6.45, 7) is 4.49. The molecule has 2 aromatic heterocycles. The Hall–Kier alpha value is -4.92. The van der Waals surface area contributed by atoms with Crippen LogP contribution in [0, 0.1) is 0 Å². The number of carboxylic acid groups (broad SMARTS) is 1. The fraction of sp³-hybridized carbons (Fsp3) is 0.226. The zero-order valence-corrected chi connectivity index (χ0v) is 22.5. The molecule has 5 aromatic rings. The van der Waals surface area contributed by atoms with Gasteiger partial charge in [0.25, 0.3) is 0 Å². The summed E-state index contributed by atoms with van der Waals surface area (Å²) in [7, 11) is 0. The van der Waals surface area contributed by atoms with Crippen LogP contribution < -0.4 is 4.74 Å². The van der Waals surface area contributed by atoms with Crippen LogP contribution in [0.4, 0.5) is 0 Å². The average molecular weight is 535 g/mol. The highest BCUT2D eigenvalue weighted by atomic mass is 16.5. The zero-order valence-electron chi connectivity index (χ0n) is 22.5. The molecule has 2 heterocycles. The number of hydrogen-bond acceptors (Lipinski definition) is 7. The van der Waals surface area contributed by atoms with Gasteiger partial charge >= 0.3 is 5.97 Å². The maximum atomic E-state index is 11.5. The van der Waals surface area contributed by atoms with Crippen LogP contribution >= 0.6 is 0 Å². The second-order valence-corrected chi connectivity index (χ2v) is 9.42. The van der Waals surface area contributed by atoms with Gasteiger partial charge in [0, 0.05) is 24.0 Å². The molecule has 0 aliphatic heterocycles. The standard InChI is InChI=1S/C31H30N6O3/c1-3-8-28-32-27(4-2)26(18-21-9-7-10-23(17-21)31(38)39)30(33-28)40-19-20-13-15-22(16-14-20)24-11-5-6-12-25(24)29-34-36-37-35-29/h5-7,9-17H,3-4,8,18-19H2,1-2H3,(H,38,39)(H,34,35,36,37). The lowest BCUT2D eigenvalue weighted by Gasteiger charge is -2.16. The van der Waals surface area contributed by atoms with Crippen LogP contribution in [-0.2, 0) is 25.9 Å². The molecule has 0 aliphatic rings. The van der Waals surface area contributed by atoms with Crippen molar-refractivity contribution < 1.29 is 14.6 Å². The third-order valence-corrected chi connectivity index (χ3v) is 6.62. The summed E-state index contributed by atoms with van der Waals surface area (Å²) >= 11 is 0. The van der Waals surface area contributed by atoms with E-state index in [4.69, 9.17) is 14.7 Å². The van der Waals surface area contributed by atoms with Gasteiger partial charge < -0.3 is 9.84 Å². The Morgan fingerprint density at radius 3 is 2.42 bits per heavy atom. The van der Waals surface area contributed by atoms with Crippen LogP contribution in [-0.4, -0.2) is 41.7 Å². The molecule has 0 bridgehead atoms. The Balaban J connectivity index is 1.40. The minimum absolute atomic E-state index is 0.252. The predicted octanol–water partition coefficient (Wildman–Crippen LogP) is 5.71. The lowest BCUT2D eigenvalue weighted by atomic mass is 9.98. The summed E-state index contributed by atoms with van der Waals surface area (Å²) < 4.78 is 6.33. The van der Waals surface area contributed by atoms with E-state index < -0.39 is 5.97 Å². The number of rotatable bonds is 11. The van der Waals surface area contributed by atoms with Gasteiger partial charge in [0.1, 0.15) is 12.4 Å². The van der Waals surface area contributed by atoms with Gasteiger partial charge in [-0.25, -0.2) is 9.78 Å². The molecule has 40 heavy (non-hydrogen) atoms. The third kappa shape index (κ3) is 6.04. The Morgan fingerprint density at radius 1 is 0.925 bits per heavy atom. The van der Waals surface area contributed by atoms with E-state index in [1.807, 2.05) is 42.5 Å². The number of aromatic carboxylic acids is 1. The molecular formula is C31H30N6O3. The van der Waals surface area contributed by atoms with E-state index in [1.165, 1.54) is 0 Å². The van der Waals surface area contributed by atoms with Crippen molar-refractivity contribution in [3.8, 4) is 28.4 Å². The summed E-state index contributed by atoms with van der Waals surface area (Å²) in [6, 6.07) is 23.1. The normalized spacial score (nSPS) is 10.9. The molecule has 9 nitrogen and oxygen atoms in total. The van der Waals surface area contributed by atoms with Crippen LogP contribution in [0.2, 0.25) is 0 Å². The summed E-state index contributed by atoms with van der Waals surface area (Å²) in [6.07, 6.45) is 2.89. The number of aryl methyl sites for hydroxylation is 2. The molecule has 0 atom stereocenters. The molecule has 5 rings (SSSR count). The van der Waals surface area contributed by atoms with Crippen LogP contribution in [0.1, 0.15) is 58.8 Å². The first-order valence-electron chi connectivity index (χ1n) is 13.3. The molecule has 3 aromatic carbocycles.